The first kappa shape index (κ1) is 14.5. The molecule has 4 heteroatoms. The van der Waals surface area contributed by atoms with Crippen molar-refractivity contribution in [2.45, 2.75) is 52.5 Å². The van der Waals surface area contributed by atoms with Gasteiger partial charge >= 0.3 is 5.97 Å². The third-order valence-corrected chi connectivity index (χ3v) is 2.83. The van der Waals surface area contributed by atoms with E-state index in [4.69, 9.17) is 5.11 Å². The zero-order chi connectivity index (χ0) is 13.8. The van der Waals surface area contributed by atoms with E-state index in [-0.39, 0.29) is 11.1 Å². The molecule has 1 aromatic heterocycles. The zero-order valence-corrected chi connectivity index (χ0v) is 11.6. The highest BCUT2D eigenvalue weighted by atomic mass is 16.4. The summed E-state index contributed by atoms with van der Waals surface area (Å²) < 4.78 is 0. The van der Waals surface area contributed by atoms with E-state index in [1.807, 2.05) is 6.92 Å². The monoisotopic (exact) mass is 250 g/mol. The van der Waals surface area contributed by atoms with Gasteiger partial charge in [0.15, 0.2) is 0 Å². The van der Waals surface area contributed by atoms with E-state index in [0.29, 0.717) is 5.82 Å². The van der Waals surface area contributed by atoms with Crippen LogP contribution in [0.4, 0.5) is 5.82 Å². The summed E-state index contributed by atoms with van der Waals surface area (Å²) in [6, 6.07) is 3.22. The normalized spacial score (nSPS) is 11.3. The molecule has 0 aliphatic heterocycles. The summed E-state index contributed by atoms with van der Waals surface area (Å²) in [6.07, 6.45) is 2.80. The number of carbonyl (C=O) groups is 1. The zero-order valence-electron chi connectivity index (χ0n) is 11.6. The molecule has 0 fully saturated rings. The van der Waals surface area contributed by atoms with E-state index in [0.717, 1.165) is 25.0 Å². The minimum absolute atomic E-state index is 0.0795. The molecule has 1 heterocycles. The summed E-state index contributed by atoms with van der Waals surface area (Å²) >= 11 is 0. The lowest BCUT2D eigenvalue weighted by atomic mass is 9.99. The van der Waals surface area contributed by atoms with Crippen molar-refractivity contribution >= 4 is 11.8 Å². The molecule has 0 aliphatic carbocycles. The fourth-order valence-electron chi connectivity index (χ4n) is 1.99. The molecule has 100 valence electrons. The van der Waals surface area contributed by atoms with Crippen molar-refractivity contribution in [3.05, 3.63) is 23.4 Å². The van der Waals surface area contributed by atoms with Crippen molar-refractivity contribution in [3.8, 4) is 0 Å². The van der Waals surface area contributed by atoms with Gasteiger partial charge in [-0.05, 0) is 38.8 Å². The third kappa shape index (κ3) is 4.02. The average molecular weight is 250 g/mol. The number of aromatic carboxylic acids is 1. The molecule has 0 atom stereocenters. The minimum Gasteiger partial charge on any atom is -0.478 e. The van der Waals surface area contributed by atoms with Gasteiger partial charge in [0.05, 0.1) is 5.56 Å². The van der Waals surface area contributed by atoms with Crippen LogP contribution < -0.4 is 5.32 Å². The fraction of sp³-hybridized carbons (Fsp3) is 0.571. The highest BCUT2D eigenvalue weighted by Crippen LogP contribution is 2.20. The number of rotatable bonds is 6. The molecular formula is C14H22N2O2. The second-order valence-corrected chi connectivity index (χ2v) is 5.15. The molecule has 0 amide bonds. The minimum atomic E-state index is -0.913. The van der Waals surface area contributed by atoms with E-state index in [2.05, 4.69) is 31.1 Å². The van der Waals surface area contributed by atoms with Crippen molar-refractivity contribution in [1.82, 2.24) is 4.98 Å². The number of carboxylic acid groups (broad SMARTS) is 1. The number of nitrogens with zero attached hydrogens (tertiary/aromatic N) is 1. The van der Waals surface area contributed by atoms with Gasteiger partial charge in [0.1, 0.15) is 5.82 Å². The molecule has 0 bridgehead atoms. The molecule has 0 radical (unpaired) electrons. The summed E-state index contributed by atoms with van der Waals surface area (Å²) in [5.74, 6) is -0.270. The number of carboxylic acids is 1. The van der Waals surface area contributed by atoms with Crippen molar-refractivity contribution in [3.63, 3.8) is 0 Å². The average Bonchev–Trinajstić information content (AvgIpc) is 2.27. The quantitative estimate of drug-likeness (QED) is 0.813. The summed E-state index contributed by atoms with van der Waals surface area (Å²) in [4.78, 5) is 15.5. The lowest BCUT2D eigenvalue weighted by Gasteiger charge is -2.26. The first-order valence-corrected chi connectivity index (χ1v) is 6.40. The second kappa shape index (κ2) is 5.85. The fourth-order valence-corrected chi connectivity index (χ4v) is 1.99. The van der Waals surface area contributed by atoms with Gasteiger partial charge in [0.25, 0.3) is 0 Å². The standard InChI is InChI=1S/C14H22N2O2/c1-5-7-14(3,4)16-12-9-10(13(17)18)8-11(6-2)15-12/h8-9H,5-7H2,1-4H3,(H,15,16)(H,17,18). The predicted octanol–water partition coefficient (Wildman–Crippen LogP) is 3.33. The molecule has 0 aliphatic rings. The number of hydrogen-bond donors (Lipinski definition) is 2. The van der Waals surface area contributed by atoms with Gasteiger partial charge in [-0.15, -0.1) is 0 Å². The molecule has 0 saturated carbocycles. The topological polar surface area (TPSA) is 62.2 Å². The van der Waals surface area contributed by atoms with E-state index >= 15 is 0 Å². The van der Waals surface area contributed by atoms with Gasteiger partial charge in [-0.1, -0.05) is 20.3 Å². The molecule has 1 aromatic rings. The van der Waals surface area contributed by atoms with Gasteiger partial charge in [0, 0.05) is 11.2 Å². The van der Waals surface area contributed by atoms with Crippen LogP contribution in [-0.2, 0) is 6.42 Å². The first-order valence-electron chi connectivity index (χ1n) is 6.40. The Labute approximate surface area is 108 Å². The predicted molar refractivity (Wildman–Crippen MR) is 73.2 cm³/mol. The van der Waals surface area contributed by atoms with Gasteiger partial charge in [-0.25, -0.2) is 9.78 Å². The molecular weight excluding hydrogens is 228 g/mol. The third-order valence-electron chi connectivity index (χ3n) is 2.83. The number of pyridine rings is 1. The van der Waals surface area contributed by atoms with Gasteiger partial charge in [0.2, 0.25) is 0 Å². The lowest BCUT2D eigenvalue weighted by Crippen LogP contribution is -2.31. The Morgan fingerprint density at radius 3 is 2.56 bits per heavy atom. The van der Waals surface area contributed by atoms with Crippen LogP contribution in [0.25, 0.3) is 0 Å². The maximum absolute atomic E-state index is 11.1. The first-order chi connectivity index (χ1) is 8.38. The van der Waals surface area contributed by atoms with Crippen LogP contribution in [0.5, 0.6) is 0 Å². The van der Waals surface area contributed by atoms with E-state index in [9.17, 15) is 4.79 Å². The Bertz CT molecular complexity index is 428. The summed E-state index contributed by atoms with van der Waals surface area (Å²) in [5.41, 5.74) is 1.01. The molecule has 1 rings (SSSR count). The Balaban J connectivity index is 3.01. The van der Waals surface area contributed by atoms with Gasteiger partial charge in [-0.2, -0.15) is 0 Å². The molecule has 18 heavy (non-hydrogen) atoms. The summed E-state index contributed by atoms with van der Waals surface area (Å²) in [7, 11) is 0. The molecule has 0 saturated heterocycles. The SMILES string of the molecule is CCCC(C)(C)Nc1cc(C(=O)O)cc(CC)n1. The maximum atomic E-state index is 11.1. The van der Waals surface area contributed by atoms with Crippen LogP contribution in [0.15, 0.2) is 12.1 Å². The van der Waals surface area contributed by atoms with Crippen LogP contribution in [0.1, 0.15) is 56.6 Å². The Hall–Kier alpha value is -1.58. The number of anilines is 1. The van der Waals surface area contributed by atoms with Crippen LogP contribution in [-0.4, -0.2) is 21.6 Å². The number of hydrogen-bond acceptors (Lipinski definition) is 3. The molecule has 0 aromatic carbocycles. The lowest BCUT2D eigenvalue weighted by molar-refractivity contribution is 0.0696. The highest BCUT2D eigenvalue weighted by Gasteiger charge is 2.18. The van der Waals surface area contributed by atoms with E-state index in [1.54, 1.807) is 12.1 Å². The van der Waals surface area contributed by atoms with E-state index in [1.165, 1.54) is 0 Å². The Morgan fingerprint density at radius 1 is 1.39 bits per heavy atom. The largest absolute Gasteiger partial charge is 0.478 e. The van der Waals surface area contributed by atoms with Gasteiger partial charge in [-0.3, -0.25) is 0 Å². The maximum Gasteiger partial charge on any atom is 0.335 e. The second-order valence-electron chi connectivity index (χ2n) is 5.15. The van der Waals surface area contributed by atoms with Crippen molar-refractivity contribution in [2.24, 2.45) is 0 Å². The number of aromatic nitrogens is 1. The summed E-state index contributed by atoms with van der Waals surface area (Å²) in [6.45, 7) is 8.28. The Kier molecular flexibility index (Phi) is 4.70. The number of nitrogens with one attached hydrogen (secondary N) is 1. The van der Waals surface area contributed by atoms with Crippen LogP contribution in [0.3, 0.4) is 0 Å². The van der Waals surface area contributed by atoms with Crippen molar-refractivity contribution in [1.29, 1.82) is 0 Å². The van der Waals surface area contributed by atoms with Crippen LogP contribution in [0, 0.1) is 0 Å². The van der Waals surface area contributed by atoms with Crippen LogP contribution >= 0.6 is 0 Å². The van der Waals surface area contributed by atoms with Gasteiger partial charge < -0.3 is 10.4 Å². The van der Waals surface area contributed by atoms with Crippen molar-refractivity contribution in [2.75, 3.05) is 5.32 Å². The molecule has 2 N–H and O–H groups in total. The molecule has 4 nitrogen and oxygen atoms in total. The molecule has 0 unspecified atom stereocenters. The molecule has 0 spiro atoms. The Morgan fingerprint density at radius 2 is 2.06 bits per heavy atom. The highest BCUT2D eigenvalue weighted by molar-refractivity contribution is 5.88. The summed E-state index contributed by atoms with van der Waals surface area (Å²) in [5, 5.41) is 12.4. The van der Waals surface area contributed by atoms with Crippen LogP contribution in [0.2, 0.25) is 0 Å². The number of aryl methyl sites for hydroxylation is 1. The smallest absolute Gasteiger partial charge is 0.335 e. The van der Waals surface area contributed by atoms with Crippen molar-refractivity contribution < 1.29 is 9.90 Å². The van der Waals surface area contributed by atoms with E-state index < -0.39 is 5.97 Å².